The van der Waals surface area contributed by atoms with E-state index in [2.05, 4.69) is 26.7 Å². The minimum Gasteiger partial charge on any atom is -0.392 e. The van der Waals surface area contributed by atoms with Crippen molar-refractivity contribution in [3.05, 3.63) is 79.4 Å². The summed E-state index contributed by atoms with van der Waals surface area (Å²) < 4.78 is 57.8. The zero-order valence-corrected chi connectivity index (χ0v) is 28.2. The Labute approximate surface area is 275 Å². The third-order valence-electron chi connectivity index (χ3n) is 9.45. The Balaban J connectivity index is 1.42. The van der Waals surface area contributed by atoms with E-state index in [9.17, 15) is 13.5 Å². The molecule has 1 aromatic rings. The van der Waals surface area contributed by atoms with E-state index in [1.807, 2.05) is 12.2 Å². The molecule has 3 heterocycles. The van der Waals surface area contributed by atoms with Crippen LogP contribution in [0.1, 0.15) is 45.4 Å². The van der Waals surface area contributed by atoms with Gasteiger partial charge in [0.1, 0.15) is 0 Å². The molecule has 1 aromatic carbocycles. The molecule has 9 nitrogen and oxygen atoms in total. The molecule has 0 saturated carbocycles. The molecule has 3 aliphatic rings. The van der Waals surface area contributed by atoms with Gasteiger partial charge < -0.3 is 34.5 Å². The molecule has 0 amide bonds. The lowest BCUT2D eigenvalue weighted by atomic mass is 9.83. The number of hydrogen-bond donors (Lipinski definition) is 2. The van der Waals surface area contributed by atoms with Crippen LogP contribution < -0.4 is 5.73 Å². The van der Waals surface area contributed by atoms with Crippen molar-refractivity contribution < 1.29 is 37.2 Å². The molecular weight excluding hydrogens is 606 g/mol. The molecular formula is C36H53NO8S. The van der Waals surface area contributed by atoms with Crippen LogP contribution in [0, 0.1) is 11.8 Å². The first-order valence-corrected chi connectivity index (χ1v) is 18.1. The van der Waals surface area contributed by atoms with Gasteiger partial charge in [-0.25, -0.2) is 8.42 Å². The van der Waals surface area contributed by atoms with Crippen molar-refractivity contribution in [2.24, 2.45) is 17.6 Å². The first kappa shape index (κ1) is 36.7. The first-order chi connectivity index (χ1) is 22.1. The molecule has 256 valence electrons. The van der Waals surface area contributed by atoms with Crippen molar-refractivity contribution in [2.45, 2.75) is 99.2 Å². The number of benzene rings is 1. The highest BCUT2D eigenvalue weighted by molar-refractivity contribution is 7.91. The molecule has 0 bridgehead atoms. The van der Waals surface area contributed by atoms with Crippen molar-refractivity contribution in [3.8, 4) is 0 Å². The minimum atomic E-state index is -3.64. The van der Waals surface area contributed by atoms with Crippen LogP contribution in [0.4, 0.5) is 0 Å². The average Bonchev–Trinajstić information content (AvgIpc) is 3.55. The minimum absolute atomic E-state index is 0.00775. The number of ether oxygens (including phenoxy) is 5. The second kappa shape index (κ2) is 17.3. The fourth-order valence-electron chi connectivity index (χ4n) is 6.92. The molecule has 0 unspecified atom stereocenters. The van der Waals surface area contributed by atoms with Crippen LogP contribution in [0.15, 0.2) is 84.3 Å². The van der Waals surface area contributed by atoms with Crippen LogP contribution in [-0.4, -0.2) is 95.0 Å². The van der Waals surface area contributed by atoms with Gasteiger partial charge in [-0.05, 0) is 48.5 Å². The highest BCUT2D eigenvalue weighted by Crippen LogP contribution is 2.41. The van der Waals surface area contributed by atoms with E-state index < -0.39 is 40.2 Å². The normalized spacial score (nSPS) is 32.7. The third-order valence-corrected chi connectivity index (χ3v) is 11.3. The lowest BCUT2D eigenvalue weighted by molar-refractivity contribution is -0.0766. The molecule has 0 aliphatic carbocycles. The standard InChI is InChI=1S/C36H53NO8S/c1-6-16-42-17-10-11-28-19-25(3)32(43-28)15-14-29-18-24(2)26(4)33(44-29)21-34-31(23-46(39,40)30-12-8-7-9-13-30)36(41-5)35(45-34)20-27(38)22-37/h6-13,24,27-29,31-36,38H,1,3-4,14-23,37H2,2,5H3/t24-,27+,28+,29+,31+,32+,33-,34+,35-,36-/m1/s1. The molecule has 0 radical (unpaired) electrons. The maximum atomic E-state index is 13.5. The van der Waals surface area contributed by atoms with Gasteiger partial charge in [-0.2, -0.15) is 0 Å². The Bertz CT molecular complexity index is 1280. The largest absolute Gasteiger partial charge is 0.392 e. The summed E-state index contributed by atoms with van der Waals surface area (Å²) in [5.74, 6) is -0.395. The summed E-state index contributed by atoms with van der Waals surface area (Å²) in [4.78, 5) is 0.260. The van der Waals surface area contributed by atoms with Crippen LogP contribution >= 0.6 is 0 Å². The number of aliphatic hydroxyl groups excluding tert-OH is 1. The van der Waals surface area contributed by atoms with Crippen molar-refractivity contribution in [3.63, 3.8) is 0 Å². The van der Waals surface area contributed by atoms with Crippen LogP contribution in [0.3, 0.4) is 0 Å². The van der Waals surface area contributed by atoms with Crippen molar-refractivity contribution in [2.75, 3.05) is 32.6 Å². The van der Waals surface area contributed by atoms with Gasteiger partial charge in [-0.3, -0.25) is 0 Å². The first-order valence-electron chi connectivity index (χ1n) is 16.4. The summed E-state index contributed by atoms with van der Waals surface area (Å²) in [5, 5.41) is 10.4. The molecule has 10 heteroatoms. The summed E-state index contributed by atoms with van der Waals surface area (Å²) >= 11 is 0. The second-order valence-corrected chi connectivity index (χ2v) is 14.9. The Morgan fingerprint density at radius 3 is 2.54 bits per heavy atom. The third kappa shape index (κ3) is 9.70. The van der Waals surface area contributed by atoms with E-state index >= 15 is 0 Å². The Kier molecular flexibility index (Phi) is 13.8. The molecule has 3 fully saturated rings. The van der Waals surface area contributed by atoms with Gasteiger partial charge >= 0.3 is 0 Å². The quantitative estimate of drug-likeness (QED) is 0.183. The predicted molar refractivity (Wildman–Crippen MR) is 179 cm³/mol. The highest BCUT2D eigenvalue weighted by atomic mass is 32.2. The van der Waals surface area contributed by atoms with Gasteiger partial charge in [0.05, 0.1) is 72.7 Å². The second-order valence-electron chi connectivity index (χ2n) is 12.8. The lowest BCUT2D eigenvalue weighted by Crippen LogP contribution is -2.40. The van der Waals surface area contributed by atoms with Crippen molar-refractivity contribution >= 4 is 9.84 Å². The van der Waals surface area contributed by atoms with Gasteiger partial charge in [0.15, 0.2) is 9.84 Å². The van der Waals surface area contributed by atoms with Gasteiger partial charge in [0, 0.05) is 38.8 Å². The van der Waals surface area contributed by atoms with Crippen molar-refractivity contribution in [1.29, 1.82) is 0 Å². The highest BCUT2D eigenvalue weighted by Gasteiger charge is 2.48. The maximum absolute atomic E-state index is 13.5. The number of sulfone groups is 1. The number of aliphatic hydroxyl groups is 1. The number of methoxy groups -OCH3 is 1. The molecule has 3 aliphatic heterocycles. The molecule has 3 N–H and O–H groups in total. The Morgan fingerprint density at radius 1 is 1.09 bits per heavy atom. The van der Waals surface area contributed by atoms with E-state index in [-0.39, 0.29) is 53.9 Å². The van der Waals surface area contributed by atoms with Gasteiger partial charge in [0.25, 0.3) is 0 Å². The fourth-order valence-corrected chi connectivity index (χ4v) is 8.59. The van der Waals surface area contributed by atoms with Gasteiger partial charge in [-0.1, -0.05) is 56.5 Å². The zero-order chi connectivity index (χ0) is 33.3. The van der Waals surface area contributed by atoms with E-state index in [0.717, 1.165) is 36.8 Å². The fraction of sp³-hybridized carbons (Fsp3) is 0.611. The summed E-state index contributed by atoms with van der Waals surface area (Å²) in [7, 11) is -2.08. The number of nitrogens with two attached hydrogens (primary N) is 1. The monoisotopic (exact) mass is 659 g/mol. The molecule has 0 spiro atoms. The SMILES string of the molecule is C=CCOCC=C[C@H]1CC(=C)[C@H](CC[C@H]2C[C@@H](C)C(=C)[C@@H](C[C@@H]3O[C@H](C[C@H](O)CN)[C@H](OC)[C@H]3CS(=O)(=O)c3ccccc3)O2)O1. The number of rotatable bonds is 17. The summed E-state index contributed by atoms with van der Waals surface area (Å²) in [6.07, 6.45) is 7.02. The molecule has 10 atom stereocenters. The average molecular weight is 660 g/mol. The molecule has 46 heavy (non-hydrogen) atoms. The van der Waals surface area contributed by atoms with E-state index in [4.69, 9.17) is 29.4 Å². The molecule has 3 saturated heterocycles. The van der Waals surface area contributed by atoms with E-state index in [0.29, 0.717) is 19.6 Å². The van der Waals surface area contributed by atoms with Crippen LogP contribution in [0.5, 0.6) is 0 Å². The Morgan fingerprint density at radius 2 is 1.85 bits per heavy atom. The van der Waals surface area contributed by atoms with Crippen LogP contribution in [0.2, 0.25) is 0 Å². The van der Waals surface area contributed by atoms with Gasteiger partial charge in [-0.15, -0.1) is 6.58 Å². The zero-order valence-electron chi connectivity index (χ0n) is 27.4. The summed E-state index contributed by atoms with van der Waals surface area (Å²) in [5.41, 5.74) is 7.78. The smallest absolute Gasteiger partial charge is 0.178 e. The van der Waals surface area contributed by atoms with Crippen LogP contribution in [0.25, 0.3) is 0 Å². The van der Waals surface area contributed by atoms with Crippen molar-refractivity contribution in [1.82, 2.24) is 0 Å². The topological polar surface area (TPSA) is 127 Å². The maximum Gasteiger partial charge on any atom is 0.178 e. The Hall–Kier alpha value is -2.15. The predicted octanol–water partition coefficient (Wildman–Crippen LogP) is 4.56. The van der Waals surface area contributed by atoms with Gasteiger partial charge in [0.2, 0.25) is 0 Å². The number of hydrogen-bond acceptors (Lipinski definition) is 9. The van der Waals surface area contributed by atoms with E-state index in [1.54, 1.807) is 43.5 Å². The summed E-state index contributed by atoms with van der Waals surface area (Å²) in [6.45, 7) is 15.6. The molecule has 0 aromatic heterocycles. The molecule has 4 rings (SSSR count). The van der Waals surface area contributed by atoms with Crippen LogP contribution in [-0.2, 0) is 33.5 Å². The van der Waals surface area contributed by atoms with E-state index in [1.165, 1.54) is 0 Å². The lowest BCUT2D eigenvalue weighted by Gasteiger charge is -2.38. The summed E-state index contributed by atoms with van der Waals surface area (Å²) in [6, 6.07) is 8.44.